The maximum atomic E-state index is 13.0. The summed E-state index contributed by atoms with van der Waals surface area (Å²) in [4.78, 5) is 4.19. The zero-order valence-electron chi connectivity index (χ0n) is 9.77. The standard InChI is InChI=1S/C13H14FN3O/c14-9(7-15)8-18-13(16)11-5-6-17-12-4-2-1-3-10(11)12/h1-6,9,16H,7-8,15H2. The molecular formula is C13H14FN3O. The molecule has 1 aromatic heterocycles. The molecule has 0 amide bonds. The molecule has 0 spiro atoms. The maximum absolute atomic E-state index is 13.0. The lowest BCUT2D eigenvalue weighted by Crippen LogP contribution is -2.23. The molecule has 0 saturated carbocycles. The number of hydrogen-bond donors (Lipinski definition) is 2. The zero-order chi connectivity index (χ0) is 13.0. The van der Waals surface area contributed by atoms with Crippen LogP contribution in [-0.4, -0.2) is 30.2 Å². The molecule has 18 heavy (non-hydrogen) atoms. The van der Waals surface area contributed by atoms with Crippen molar-refractivity contribution in [1.29, 1.82) is 5.41 Å². The molecule has 0 fully saturated rings. The second-order valence-corrected chi connectivity index (χ2v) is 3.85. The highest BCUT2D eigenvalue weighted by molar-refractivity contribution is 6.04. The van der Waals surface area contributed by atoms with Crippen molar-refractivity contribution in [2.24, 2.45) is 5.73 Å². The van der Waals surface area contributed by atoms with Crippen molar-refractivity contribution in [3.63, 3.8) is 0 Å². The monoisotopic (exact) mass is 247 g/mol. The van der Waals surface area contributed by atoms with Gasteiger partial charge in [0.25, 0.3) is 0 Å². The number of aromatic nitrogens is 1. The minimum Gasteiger partial charge on any atom is -0.474 e. The molecule has 1 heterocycles. The fourth-order valence-electron chi connectivity index (χ4n) is 1.61. The zero-order valence-corrected chi connectivity index (χ0v) is 9.77. The summed E-state index contributed by atoms with van der Waals surface area (Å²) >= 11 is 0. The second kappa shape index (κ2) is 5.55. The number of nitrogens with two attached hydrogens (primary N) is 1. The third-order valence-electron chi connectivity index (χ3n) is 2.56. The number of benzene rings is 1. The van der Waals surface area contributed by atoms with Crippen molar-refractivity contribution in [1.82, 2.24) is 4.98 Å². The van der Waals surface area contributed by atoms with Gasteiger partial charge in [-0.25, -0.2) is 4.39 Å². The minimum absolute atomic E-state index is 0.0651. The summed E-state index contributed by atoms with van der Waals surface area (Å²) in [5.74, 6) is -0.0651. The summed E-state index contributed by atoms with van der Waals surface area (Å²) < 4.78 is 18.1. The van der Waals surface area contributed by atoms with E-state index in [1.807, 2.05) is 24.3 Å². The van der Waals surface area contributed by atoms with Crippen molar-refractivity contribution < 1.29 is 9.13 Å². The fraction of sp³-hybridized carbons (Fsp3) is 0.231. The van der Waals surface area contributed by atoms with Crippen molar-refractivity contribution >= 4 is 16.8 Å². The topological polar surface area (TPSA) is 72.0 Å². The molecule has 0 aliphatic rings. The van der Waals surface area contributed by atoms with E-state index in [9.17, 15) is 4.39 Å². The van der Waals surface area contributed by atoms with Gasteiger partial charge in [-0.15, -0.1) is 0 Å². The largest absolute Gasteiger partial charge is 0.474 e. The van der Waals surface area contributed by atoms with E-state index in [1.165, 1.54) is 0 Å². The molecule has 4 nitrogen and oxygen atoms in total. The Morgan fingerprint density at radius 1 is 1.39 bits per heavy atom. The van der Waals surface area contributed by atoms with Crippen LogP contribution >= 0.6 is 0 Å². The Hall–Kier alpha value is -2.01. The van der Waals surface area contributed by atoms with Crippen LogP contribution in [0.3, 0.4) is 0 Å². The van der Waals surface area contributed by atoms with Crippen molar-refractivity contribution in [3.05, 3.63) is 42.1 Å². The summed E-state index contributed by atoms with van der Waals surface area (Å²) in [6.07, 6.45) is 0.351. The first-order valence-corrected chi connectivity index (χ1v) is 5.62. The SMILES string of the molecule is N=C(OCC(F)CN)c1ccnc2ccccc12. The molecule has 1 aromatic carbocycles. The van der Waals surface area contributed by atoms with Crippen LogP contribution in [0.4, 0.5) is 4.39 Å². The summed E-state index contributed by atoms with van der Waals surface area (Å²) in [6, 6.07) is 9.12. The van der Waals surface area contributed by atoms with E-state index in [2.05, 4.69) is 4.98 Å². The van der Waals surface area contributed by atoms with E-state index in [0.717, 1.165) is 10.9 Å². The predicted octanol–water partition coefficient (Wildman–Crippen LogP) is 1.87. The Balaban J connectivity index is 2.22. The summed E-state index contributed by atoms with van der Waals surface area (Å²) in [6.45, 7) is -0.309. The highest BCUT2D eigenvalue weighted by Gasteiger charge is 2.10. The van der Waals surface area contributed by atoms with Gasteiger partial charge in [0.1, 0.15) is 12.8 Å². The van der Waals surface area contributed by atoms with Gasteiger partial charge in [-0.1, -0.05) is 18.2 Å². The third-order valence-corrected chi connectivity index (χ3v) is 2.56. The molecule has 1 unspecified atom stereocenters. The van der Waals surface area contributed by atoms with E-state index >= 15 is 0 Å². The Bertz CT molecular complexity index is 553. The lowest BCUT2D eigenvalue weighted by Gasteiger charge is -2.11. The first kappa shape index (κ1) is 12.4. The van der Waals surface area contributed by atoms with Crippen molar-refractivity contribution in [3.8, 4) is 0 Å². The molecule has 0 saturated heterocycles. The third kappa shape index (κ3) is 2.62. The molecule has 1 atom stereocenters. The van der Waals surface area contributed by atoms with Crippen LogP contribution in [0.15, 0.2) is 36.5 Å². The average molecular weight is 247 g/mol. The molecule has 3 N–H and O–H groups in total. The molecule has 2 rings (SSSR count). The molecule has 0 aliphatic carbocycles. The lowest BCUT2D eigenvalue weighted by atomic mass is 10.1. The number of nitrogens with one attached hydrogen (secondary N) is 1. The lowest BCUT2D eigenvalue weighted by molar-refractivity contribution is 0.191. The van der Waals surface area contributed by atoms with Gasteiger partial charge in [0.05, 0.1) is 5.52 Å². The first-order valence-electron chi connectivity index (χ1n) is 5.62. The summed E-state index contributed by atoms with van der Waals surface area (Å²) in [7, 11) is 0. The van der Waals surface area contributed by atoms with Crippen molar-refractivity contribution in [2.45, 2.75) is 6.17 Å². The van der Waals surface area contributed by atoms with Gasteiger partial charge < -0.3 is 10.5 Å². The molecule has 0 bridgehead atoms. The molecule has 0 aliphatic heterocycles. The van der Waals surface area contributed by atoms with Crippen LogP contribution in [0.5, 0.6) is 0 Å². The van der Waals surface area contributed by atoms with E-state index in [4.69, 9.17) is 15.9 Å². The normalized spacial score (nSPS) is 12.3. The Morgan fingerprint density at radius 2 is 2.17 bits per heavy atom. The number of para-hydroxylation sites is 1. The number of ether oxygens (including phenoxy) is 1. The van der Waals surface area contributed by atoms with Gasteiger partial charge in [-0.3, -0.25) is 10.4 Å². The quantitative estimate of drug-likeness (QED) is 0.640. The van der Waals surface area contributed by atoms with Crippen LogP contribution in [0.1, 0.15) is 5.56 Å². The second-order valence-electron chi connectivity index (χ2n) is 3.85. The molecular weight excluding hydrogens is 233 g/mol. The Labute approximate surface area is 104 Å². The Morgan fingerprint density at radius 3 is 2.94 bits per heavy atom. The number of pyridine rings is 1. The van der Waals surface area contributed by atoms with Gasteiger partial charge in [0, 0.05) is 23.7 Å². The van der Waals surface area contributed by atoms with Crippen LogP contribution in [0.2, 0.25) is 0 Å². The van der Waals surface area contributed by atoms with Crippen LogP contribution in [0, 0.1) is 5.41 Å². The van der Waals surface area contributed by atoms with E-state index in [1.54, 1.807) is 12.3 Å². The van der Waals surface area contributed by atoms with Crippen LogP contribution < -0.4 is 5.73 Å². The molecule has 2 aromatic rings. The number of alkyl halides is 1. The fourth-order valence-corrected chi connectivity index (χ4v) is 1.61. The number of hydrogen-bond acceptors (Lipinski definition) is 4. The Kier molecular flexibility index (Phi) is 3.84. The number of halogens is 1. The maximum Gasteiger partial charge on any atom is 0.214 e. The summed E-state index contributed by atoms with van der Waals surface area (Å²) in [5, 5.41) is 8.64. The van der Waals surface area contributed by atoms with Gasteiger partial charge >= 0.3 is 0 Å². The number of rotatable bonds is 4. The van der Waals surface area contributed by atoms with Crippen LogP contribution in [-0.2, 0) is 4.74 Å². The summed E-state index contributed by atoms with van der Waals surface area (Å²) in [5.41, 5.74) is 6.53. The average Bonchev–Trinajstić information content (AvgIpc) is 2.43. The van der Waals surface area contributed by atoms with E-state index in [-0.39, 0.29) is 19.0 Å². The predicted molar refractivity (Wildman–Crippen MR) is 68.5 cm³/mol. The highest BCUT2D eigenvalue weighted by atomic mass is 19.1. The first-order chi connectivity index (χ1) is 8.72. The minimum atomic E-state index is -1.25. The van der Waals surface area contributed by atoms with Gasteiger partial charge in [-0.05, 0) is 12.1 Å². The highest BCUT2D eigenvalue weighted by Crippen LogP contribution is 2.17. The van der Waals surface area contributed by atoms with Crippen LogP contribution in [0.25, 0.3) is 10.9 Å². The number of fused-ring (bicyclic) bond motifs is 1. The van der Waals surface area contributed by atoms with E-state index in [0.29, 0.717) is 5.56 Å². The number of nitrogens with zero attached hydrogens (tertiary/aromatic N) is 1. The van der Waals surface area contributed by atoms with Gasteiger partial charge in [-0.2, -0.15) is 0 Å². The van der Waals surface area contributed by atoms with Crippen molar-refractivity contribution in [2.75, 3.05) is 13.2 Å². The smallest absolute Gasteiger partial charge is 0.214 e. The molecule has 0 radical (unpaired) electrons. The molecule has 94 valence electrons. The van der Waals surface area contributed by atoms with Gasteiger partial charge in [0.15, 0.2) is 0 Å². The van der Waals surface area contributed by atoms with E-state index < -0.39 is 6.17 Å². The molecule has 5 heteroatoms. The van der Waals surface area contributed by atoms with Gasteiger partial charge in [0.2, 0.25) is 5.90 Å².